The number of fused-ring (bicyclic) bond motifs is 1. The number of hydrogen-bond acceptors (Lipinski definition) is 8. The first kappa shape index (κ1) is 22.2. The van der Waals surface area contributed by atoms with Crippen molar-refractivity contribution in [3.05, 3.63) is 47.0 Å². The molecule has 0 bridgehead atoms. The molecule has 0 atom stereocenters. The molecule has 10 heteroatoms. The Morgan fingerprint density at radius 1 is 0.857 bits per heavy atom. The number of carbonyl (C=O) groups excluding carboxylic acids is 1. The molecule has 35 heavy (non-hydrogen) atoms. The highest BCUT2D eigenvalue weighted by molar-refractivity contribution is 8.18. The Hall–Kier alpha value is -3.24. The smallest absolute Gasteiger partial charge is 0.286 e. The Morgan fingerprint density at radius 2 is 1.60 bits per heavy atom. The molecule has 1 amide bonds. The highest BCUT2D eigenvalue weighted by Gasteiger charge is 2.27. The molecule has 3 aliphatic rings. The minimum Gasteiger partial charge on any atom is -0.369 e. The summed E-state index contributed by atoms with van der Waals surface area (Å²) in [4.78, 5) is 29.2. The number of anilines is 1. The quantitative estimate of drug-likeness (QED) is 0.521. The second-order valence-electron chi connectivity index (χ2n) is 9.24. The van der Waals surface area contributed by atoms with Crippen LogP contribution in [0.3, 0.4) is 0 Å². The van der Waals surface area contributed by atoms with Crippen molar-refractivity contribution in [3.8, 4) is 5.69 Å². The summed E-state index contributed by atoms with van der Waals surface area (Å²) in [6, 6.07) is 12.2. The van der Waals surface area contributed by atoms with Gasteiger partial charge in [-0.25, -0.2) is 4.98 Å². The van der Waals surface area contributed by atoms with Crippen molar-refractivity contribution in [1.82, 2.24) is 29.8 Å². The molecular weight excluding hydrogens is 460 g/mol. The zero-order valence-electron chi connectivity index (χ0n) is 19.8. The number of nitrogens with zero attached hydrogens (tertiary/aromatic N) is 8. The number of rotatable bonds is 3. The summed E-state index contributed by atoms with van der Waals surface area (Å²) >= 11 is 1.45. The predicted molar refractivity (Wildman–Crippen MR) is 140 cm³/mol. The average molecular weight is 489 g/mol. The van der Waals surface area contributed by atoms with Crippen LogP contribution in [-0.2, 0) is 4.79 Å². The number of hydrogen-bond donors (Lipinski definition) is 0. The molecule has 3 aliphatic heterocycles. The highest BCUT2D eigenvalue weighted by atomic mass is 32.2. The zero-order valence-corrected chi connectivity index (χ0v) is 20.6. The first-order valence-electron chi connectivity index (χ1n) is 12.2. The van der Waals surface area contributed by atoms with E-state index < -0.39 is 0 Å². The zero-order chi connectivity index (χ0) is 23.8. The predicted octanol–water partition coefficient (Wildman–Crippen LogP) is 3.02. The Morgan fingerprint density at radius 3 is 2.37 bits per heavy atom. The second-order valence-corrected chi connectivity index (χ2v) is 10.3. The number of benzene rings is 1. The van der Waals surface area contributed by atoms with Crippen molar-refractivity contribution in [1.29, 1.82) is 0 Å². The Labute approximate surface area is 208 Å². The number of carbonyl (C=O) groups is 1. The maximum atomic E-state index is 12.5. The first-order valence-corrected chi connectivity index (χ1v) is 13.0. The maximum Gasteiger partial charge on any atom is 0.286 e. The molecule has 0 unspecified atom stereocenters. The Bertz CT molecular complexity index is 1300. The summed E-state index contributed by atoms with van der Waals surface area (Å²) in [6.07, 6.45) is 5.37. The highest BCUT2D eigenvalue weighted by Crippen LogP contribution is 2.31. The van der Waals surface area contributed by atoms with Crippen LogP contribution in [0.1, 0.15) is 25.0 Å². The van der Waals surface area contributed by atoms with Crippen LogP contribution in [0.4, 0.5) is 5.69 Å². The van der Waals surface area contributed by atoms with Crippen LogP contribution in [0.5, 0.6) is 0 Å². The minimum absolute atomic E-state index is 0.191. The van der Waals surface area contributed by atoms with E-state index in [1.165, 1.54) is 23.9 Å². The van der Waals surface area contributed by atoms with Gasteiger partial charge < -0.3 is 14.7 Å². The van der Waals surface area contributed by atoms with E-state index in [-0.39, 0.29) is 5.91 Å². The van der Waals surface area contributed by atoms with Crippen molar-refractivity contribution in [3.63, 3.8) is 0 Å². The van der Waals surface area contributed by atoms with Crippen LogP contribution >= 0.6 is 11.8 Å². The summed E-state index contributed by atoms with van der Waals surface area (Å²) in [5, 5.41) is 9.44. The van der Waals surface area contributed by atoms with Gasteiger partial charge in [-0.3, -0.25) is 4.79 Å². The van der Waals surface area contributed by atoms with E-state index in [1.54, 1.807) is 4.68 Å². The van der Waals surface area contributed by atoms with Crippen LogP contribution in [0.2, 0.25) is 0 Å². The lowest BCUT2D eigenvalue weighted by Gasteiger charge is -2.34. The second kappa shape index (κ2) is 9.43. The molecule has 0 spiro atoms. The summed E-state index contributed by atoms with van der Waals surface area (Å²) in [5.74, 6) is -0.191. The first-order chi connectivity index (χ1) is 17.1. The van der Waals surface area contributed by atoms with E-state index in [2.05, 4.69) is 61.3 Å². The van der Waals surface area contributed by atoms with E-state index >= 15 is 0 Å². The molecule has 0 aliphatic carbocycles. The number of amides is 1. The van der Waals surface area contributed by atoms with Crippen LogP contribution in [0.25, 0.3) is 22.9 Å². The molecule has 2 fully saturated rings. The minimum atomic E-state index is -0.191. The van der Waals surface area contributed by atoms with Crippen molar-refractivity contribution < 1.29 is 4.79 Å². The van der Waals surface area contributed by atoms with Gasteiger partial charge in [0.05, 0.1) is 16.3 Å². The molecule has 2 aromatic heterocycles. The van der Waals surface area contributed by atoms with Gasteiger partial charge in [0, 0.05) is 45.0 Å². The van der Waals surface area contributed by atoms with Crippen molar-refractivity contribution in [2.45, 2.75) is 19.3 Å². The SMILES string of the molecule is CN1CCN(c2ccc(-n3nnc4ccc(/C=C5/SC(N6CCCCC6)=NC5=O)nc43)cc2)CC1. The van der Waals surface area contributed by atoms with E-state index in [0.29, 0.717) is 21.8 Å². The van der Waals surface area contributed by atoms with Gasteiger partial charge >= 0.3 is 0 Å². The van der Waals surface area contributed by atoms with Gasteiger partial charge in [-0.15, -0.1) is 5.10 Å². The third-order valence-corrected chi connectivity index (χ3v) is 7.84. The Balaban J connectivity index is 1.23. The van der Waals surface area contributed by atoms with Gasteiger partial charge in [-0.05, 0) is 80.5 Å². The number of amidine groups is 1. The largest absolute Gasteiger partial charge is 0.369 e. The van der Waals surface area contributed by atoms with E-state index in [4.69, 9.17) is 4.98 Å². The number of thioether (sulfide) groups is 1. The molecule has 0 N–H and O–H groups in total. The molecule has 9 nitrogen and oxygen atoms in total. The molecule has 1 aromatic carbocycles. The van der Waals surface area contributed by atoms with Crippen LogP contribution in [-0.4, -0.2) is 87.2 Å². The van der Waals surface area contributed by atoms with E-state index in [0.717, 1.165) is 63.0 Å². The number of aromatic nitrogens is 4. The topological polar surface area (TPSA) is 82.8 Å². The number of aliphatic imine (C=N–C) groups is 1. The summed E-state index contributed by atoms with van der Waals surface area (Å²) in [6.45, 7) is 6.14. The number of likely N-dealkylation sites (N-methyl/N-ethyl adjacent to an activating group) is 1. The van der Waals surface area contributed by atoms with Gasteiger partial charge in [0.15, 0.2) is 10.8 Å². The van der Waals surface area contributed by atoms with Crippen molar-refractivity contribution >= 4 is 45.8 Å². The van der Waals surface area contributed by atoms with Gasteiger partial charge in [0.25, 0.3) is 5.91 Å². The molecule has 6 rings (SSSR count). The van der Waals surface area contributed by atoms with E-state index in [1.807, 2.05) is 18.2 Å². The van der Waals surface area contributed by atoms with E-state index in [9.17, 15) is 4.79 Å². The molecule has 5 heterocycles. The van der Waals surface area contributed by atoms with Crippen LogP contribution in [0.15, 0.2) is 46.3 Å². The monoisotopic (exact) mass is 488 g/mol. The molecular formula is C25H28N8OS. The standard InChI is InChI=1S/C25H28N8OS/c1-30-13-15-31(16-14-30)19-6-8-20(9-7-19)33-23-21(28-29-33)10-5-18(26-23)17-22-24(34)27-25(35-22)32-11-3-2-4-12-32/h5-10,17H,2-4,11-16H2,1H3/b22-17+. The van der Waals surface area contributed by atoms with Crippen LogP contribution < -0.4 is 4.90 Å². The normalized spacial score (nSPS) is 20.8. The fourth-order valence-electron chi connectivity index (χ4n) is 4.70. The molecule has 180 valence electrons. The fraction of sp³-hybridized carbons (Fsp3) is 0.400. The summed E-state index contributed by atoms with van der Waals surface area (Å²) in [5.41, 5.74) is 4.20. The number of piperazine rings is 1. The molecule has 0 radical (unpaired) electrons. The third-order valence-electron chi connectivity index (χ3n) is 6.80. The van der Waals surface area contributed by atoms with Gasteiger partial charge in [0.1, 0.15) is 5.52 Å². The average Bonchev–Trinajstić information content (AvgIpc) is 3.48. The number of piperidine rings is 1. The Kier molecular flexibility index (Phi) is 5.99. The molecule has 2 saturated heterocycles. The van der Waals surface area contributed by atoms with Crippen LogP contribution in [0, 0.1) is 0 Å². The summed E-state index contributed by atoms with van der Waals surface area (Å²) < 4.78 is 1.75. The number of pyridine rings is 1. The lowest BCUT2D eigenvalue weighted by Crippen LogP contribution is -2.44. The lowest BCUT2D eigenvalue weighted by molar-refractivity contribution is -0.113. The summed E-state index contributed by atoms with van der Waals surface area (Å²) in [7, 11) is 2.16. The lowest BCUT2D eigenvalue weighted by atomic mass is 10.1. The van der Waals surface area contributed by atoms with Crippen molar-refractivity contribution in [2.75, 3.05) is 51.2 Å². The fourth-order valence-corrected chi connectivity index (χ4v) is 5.65. The van der Waals surface area contributed by atoms with Gasteiger partial charge in [-0.1, -0.05) is 5.21 Å². The van der Waals surface area contributed by atoms with Crippen molar-refractivity contribution in [2.24, 2.45) is 4.99 Å². The molecule has 0 saturated carbocycles. The molecule has 3 aromatic rings. The van der Waals surface area contributed by atoms with Gasteiger partial charge in [-0.2, -0.15) is 9.67 Å². The van der Waals surface area contributed by atoms with Gasteiger partial charge in [0.2, 0.25) is 0 Å². The number of likely N-dealkylation sites (tertiary alicyclic amines) is 1. The maximum absolute atomic E-state index is 12.5. The third kappa shape index (κ3) is 4.55.